The van der Waals surface area contributed by atoms with Gasteiger partial charge in [-0.2, -0.15) is 0 Å². The van der Waals surface area contributed by atoms with E-state index in [1.54, 1.807) is 42.7 Å². The van der Waals surface area contributed by atoms with E-state index in [0.29, 0.717) is 34.5 Å². The predicted octanol–water partition coefficient (Wildman–Crippen LogP) is 7.74. The van der Waals surface area contributed by atoms with Gasteiger partial charge in [-0.1, -0.05) is 66.4 Å². The number of aliphatic hydroxyl groups excluding tert-OH is 1. The van der Waals surface area contributed by atoms with Gasteiger partial charge in [0.25, 0.3) is 0 Å². The van der Waals surface area contributed by atoms with E-state index in [1.807, 2.05) is 78.9 Å². The fraction of sp³-hybridized carbons (Fsp3) is 0.171. The van der Waals surface area contributed by atoms with Gasteiger partial charge in [-0.25, -0.2) is 14.8 Å². The van der Waals surface area contributed by atoms with Gasteiger partial charge < -0.3 is 30.0 Å². The first kappa shape index (κ1) is 30.3. The number of hydrogen-bond donors (Lipinski definition) is 3. The smallest absolute Gasteiger partial charge is 0.323 e. The lowest BCUT2D eigenvalue weighted by molar-refractivity contribution is -0.245. The molecule has 9 nitrogen and oxygen atoms in total. The van der Waals surface area contributed by atoms with E-state index in [1.165, 1.54) is 11.8 Å². The molecule has 0 spiro atoms. The van der Waals surface area contributed by atoms with E-state index in [0.717, 1.165) is 22.4 Å². The highest BCUT2D eigenvalue weighted by Gasteiger charge is 2.32. The molecule has 3 N–H and O–H groups in total. The van der Waals surface area contributed by atoms with E-state index in [2.05, 4.69) is 20.6 Å². The van der Waals surface area contributed by atoms with Crippen molar-refractivity contribution in [2.75, 3.05) is 16.4 Å². The molecular formula is C35H32N4O5S. The Morgan fingerprint density at radius 2 is 1.53 bits per heavy atom. The summed E-state index contributed by atoms with van der Waals surface area (Å²) in [5.74, 6) is 2.05. The van der Waals surface area contributed by atoms with E-state index in [4.69, 9.17) is 14.2 Å². The number of amides is 2. The van der Waals surface area contributed by atoms with Crippen LogP contribution in [0, 0.1) is 0 Å². The second-order valence-corrected chi connectivity index (χ2v) is 11.3. The zero-order chi connectivity index (χ0) is 30.8. The summed E-state index contributed by atoms with van der Waals surface area (Å²) in [6, 6.07) is 33.3. The Bertz CT molecular complexity index is 1670. The molecule has 1 aromatic heterocycles. The number of rotatable bonds is 10. The van der Waals surface area contributed by atoms with Crippen LogP contribution in [0.3, 0.4) is 0 Å². The Morgan fingerprint density at radius 3 is 2.29 bits per heavy atom. The topological polar surface area (TPSA) is 115 Å². The van der Waals surface area contributed by atoms with Crippen LogP contribution in [-0.2, 0) is 16.1 Å². The number of aromatic nitrogens is 2. The van der Waals surface area contributed by atoms with E-state index < -0.39 is 6.29 Å². The summed E-state index contributed by atoms with van der Waals surface area (Å²) in [7, 11) is 0. The number of anilines is 2. The van der Waals surface area contributed by atoms with Crippen LogP contribution < -0.4 is 15.4 Å². The molecule has 1 aliphatic rings. The molecule has 0 bridgehead atoms. The highest BCUT2D eigenvalue weighted by Crippen LogP contribution is 2.39. The van der Waals surface area contributed by atoms with Crippen molar-refractivity contribution in [1.82, 2.24) is 9.97 Å². The van der Waals surface area contributed by atoms with Crippen molar-refractivity contribution >= 4 is 29.2 Å². The van der Waals surface area contributed by atoms with Crippen molar-refractivity contribution in [2.45, 2.75) is 36.7 Å². The van der Waals surface area contributed by atoms with E-state index >= 15 is 0 Å². The fourth-order valence-electron chi connectivity index (χ4n) is 4.84. The van der Waals surface area contributed by atoms with E-state index in [-0.39, 0.29) is 24.8 Å². The lowest BCUT2D eigenvalue weighted by Crippen LogP contribution is -2.31. The highest BCUT2D eigenvalue weighted by molar-refractivity contribution is 7.99. The number of urea groups is 1. The molecule has 3 atom stereocenters. The van der Waals surface area contributed by atoms with Crippen molar-refractivity contribution in [1.29, 1.82) is 0 Å². The fourth-order valence-corrected chi connectivity index (χ4v) is 5.66. The molecule has 0 unspecified atom stereocenters. The van der Waals surface area contributed by atoms with Crippen LogP contribution in [0.5, 0.6) is 11.5 Å². The molecule has 2 amide bonds. The summed E-state index contributed by atoms with van der Waals surface area (Å²) in [5, 5.41) is 15.9. The molecule has 0 aliphatic carbocycles. The monoisotopic (exact) mass is 620 g/mol. The number of nitrogens with zero attached hydrogens (tertiary/aromatic N) is 2. The molecule has 4 aromatic carbocycles. The summed E-state index contributed by atoms with van der Waals surface area (Å²) in [4.78, 5) is 21.5. The van der Waals surface area contributed by atoms with Crippen molar-refractivity contribution in [3.63, 3.8) is 0 Å². The third-order valence-electron chi connectivity index (χ3n) is 7.06. The number of benzene rings is 4. The minimum atomic E-state index is -0.662. The first-order valence-corrected chi connectivity index (χ1v) is 15.5. The van der Waals surface area contributed by atoms with Gasteiger partial charge in [0.05, 0.1) is 18.8 Å². The SMILES string of the molecule is O=C(Nc1ccc(Oc2ccccc2)cc1)Nc1cccc([C@H]2O[C@@H](CSc3ncccn3)C[C@@H](c3ccc(CO)cc3)O2)c1. The summed E-state index contributed by atoms with van der Waals surface area (Å²) in [6.45, 7) is -0.0186. The summed E-state index contributed by atoms with van der Waals surface area (Å²) >= 11 is 1.53. The molecule has 1 fully saturated rings. The van der Waals surface area contributed by atoms with Gasteiger partial charge in [0.2, 0.25) is 0 Å². The molecule has 1 saturated heterocycles. The number of carbonyl (C=O) groups is 1. The van der Waals surface area contributed by atoms with Crippen molar-refractivity contribution in [3.8, 4) is 11.5 Å². The second-order valence-electron chi connectivity index (χ2n) is 10.3. The van der Waals surface area contributed by atoms with Crippen LogP contribution >= 0.6 is 11.8 Å². The lowest BCUT2D eigenvalue weighted by atomic mass is 10.0. The molecule has 2 heterocycles. The third kappa shape index (κ3) is 8.46. The second kappa shape index (κ2) is 14.8. The van der Waals surface area contributed by atoms with Crippen molar-refractivity contribution in [2.24, 2.45) is 0 Å². The van der Waals surface area contributed by atoms with Crippen LogP contribution in [0.1, 0.15) is 35.5 Å². The third-order valence-corrected chi connectivity index (χ3v) is 8.07. The minimum absolute atomic E-state index is 0.0186. The Morgan fingerprint density at radius 1 is 0.800 bits per heavy atom. The lowest BCUT2D eigenvalue weighted by Gasteiger charge is -2.36. The minimum Gasteiger partial charge on any atom is -0.457 e. The number of aliphatic hydroxyl groups is 1. The zero-order valence-corrected chi connectivity index (χ0v) is 25.1. The summed E-state index contributed by atoms with van der Waals surface area (Å²) in [5.41, 5.74) is 3.84. The van der Waals surface area contributed by atoms with Gasteiger partial charge in [-0.3, -0.25) is 0 Å². The first-order valence-electron chi connectivity index (χ1n) is 14.5. The number of carbonyl (C=O) groups excluding carboxylic acids is 1. The number of para-hydroxylation sites is 1. The molecule has 10 heteroatoms. The Balaban J connectivity index is 1.11. The standard InChI is InChI=1S/C35H32N4O5S/c40-22-24-10-12-25(13-11-24)32-21-31(23-45-35-36-18-5-19-37-35)43-33(44-32)26-6-4-7-28(20-26)39-34(41)38-27-14-16-30(17-15-27)42-29-8-2-1-3-9-29/h1-20,31-33,40H,21-23H2,(H2,38,39,41)/t31-,32+,33+/m1/s1. The number of thioether (sulfide) groups is 1. The molecule has 1 aliphatic heterocycles. The summed E-state index contributed by atoms with van der Waals surface area (Å²) in [6.07, 6.45) is 3.05. The molecule has 228 valence electrons. The maximum Gasteiger partial charge on any atom is 0.323 e. The number of nitrogens with one attached hydrogen (secondary N) is 2. The zero-order valence-electron chi connectivity index (χ0n) is 24.3. The average molecular weight is 621 g/mol. The van der Waals surface area contributed by atoms with Gasteiger partial charge in [-0.15, -0.1) is 0 Å². The predicted molar refractivity (Wildman–Crippen MR) is 173 cm³/mol. The quantitative estimate of drug-likeness (QED) is 0.107. The van der Waals surface area contributed by atoms with Crippen molar-refractivity contribution in [3.05, 3.63) is 138 Å². The largest absolute Gasteiger partial charge is 0.457 e. The van der Waals surface area contributed by atoms with Crippen LogP contribution in [0.25, 0.3) is 0 Å². The van der Waals surface area contributed by atoms with Crippen LogP contribution in [-0.4, -0.2) is 33.0 Å². The normalized spacial score (nSPS) is 17.8. The molecular weight excluding hydrogens is 588 g/mol. The van der Waals surface area contributed by atoms with Gasteiger partial charge >= 0.3 is 6.03 Å². The molecule has 0 radical (unpaired) electrons. The maximum atomic E-state index is 12.9. The van der Waals surface area contributed by atoms with Gasteiger partial charge in [-0.05, 0) is 65.7 Å². The summed E-state index contributed by atoms with van der Waals surface area (Å²) < 4.78 is 18.7. The highest BCUT2D eigenvalue weighted by atomic mass is 32.2. The van der Waals surface area contributed by atoms with Gasteiger partial charge in [0, 0.05) is 41.5 Å². The van der Waals surface area contributed by atoms with E-state index in [9.17, 15) is 9.90 Å². The maximum absolute atomic E-state index is 12.9. The van der Waals surface area contributed by atoms with Crippen LogP contribution in [0.4, 0.5) is 16.2 Å². The molecule has 0 saturated carbocycles. The Labute approximate surface area is 265 Å². The number of ether oxygens (including phenoxy) is 3. The van der Waals surface area contributed by atoms with Crippen LogP contribution in [0.2, 0.25) is 0 Å². The van der Waals surface area contributed by atoms with Crippen LogP contribution in [0.15, 0.2) is 127 Å². The molecule has 5 aromatic rings. The molecule has 45 heavy (non-hydrogen) atoms. The average Bonchev–Trinajstić information content (AvgIpc) is 3.09. The van der Waals surface area contributed by atoms with Crippen molar-refractivity contribution < 1.29 is 24.1 Å². The number of hydrogen-bond acceptors (Lipinski definition) is 8. The van der Waals surface area contributed by atoms with Gasteiger partial charge in [0.15, 0.2) is 11.4 Å². The first-order chi connectivity index (χ1) is 22.1. The Kier molecular flexibility index (Phi) is 9.98. The van der Waals surface area contributed by atoms with Gasteiger partial charge in [0.1, 0.15) is 11.5 Å². The Hall–Kier alpha value is -4.74. The molecule has 6 rings (SSSR count).